The number of carbonyl (C=O) groups excluding carboxylic acids is 3. The number of hydrogen-bond acceptors (Lipinski definition) is 7. The second-order valence-electron chi connectivity index (χ2n) is 6.53. The zero-order valence-corrected chi connectivity index (χ0v) is 14.6. The number of rotatable bonds is 3. The number of esters is 1. The molecule has 0 bridgehead atoms. The molecule has 3 heterocycles. The molecule has 0 unspecified atom stereocenters. The Kier molecular flexibility index (Phi) is 3.78. The fourth-order valence-corrected chi connectivity index (χ4v) is 3.35. The summed E-state index contributed by atoms with van der Waals surface area (Å²) in [5.74, 6) is -1.54. The molecule has 0 radical (unpaired) electrons. The molecule has 1 fully saturated rings. The van der Waals surface area contributed by atoms with Gasteiger partial charge in [-0.15, -0.1) is 0 Å². The molecular formula is C20H16O7. The van der Waals surface area contributed by atoms with Crippen LogP contribution < -0.4 is 0 Å². The molecule has 2 aliphatic heterocycles. The topological polar surface area (TPSA) is 103 Å². The highest BCUT2D eigenvalue weighted by Crippen LogP contribution is 2.44. The Bertz CT molecular complexity index is 985. The number of benzene rings is 1. The maximum atomic E-state index is 12.8. The van der Waals surface area contributed by atoms with Gasteiger partial charge in [-0.2, -0.15) is 0 Å². The highest BCUT2D eigenvalue weighted by molar-refractivity contribution is 6.23. The van der Waals surface area contributed by atoms with Gasteiger partial charge in [-0.05, 0) is 26.0 Å². The van der Waals surface area contributed by atoms with Crippen molar-refractivity contribution >= 4 is 23.3 Å². The van der Waals surface area contributed by atoms with Crippen LogP contribution in [0.15, 0.2) is 52.5 Å². The molecule has 1 saturated heterocycles. The van der Waals surface area contributed by atoms with Crippen molar-refractivity contribution in [3.8, 4) is 0 Å². The van der Waals surface area contributed by atoms with Gasteiger partial charge in [0.15, 0.2) is 23.7 Å². The number of furan rings is 1. The van der Waals surface area contributed by atoms with E-state index in [-0.39, 0.29) is 22.7 Å². The van der Waals surface area contributed by atoms with Gasteiger partial charge in [0.05, 0.1) is 0 Å². The lowest BCUT2D eigenvalue weighted by Gasteiger charge is -2.22. The molecule has 2 aliphatic rings. The molecule has 0 amide bonds. The lowest BCUT2D eigenvalue weighted by Crippen LogP contribution is -2.53. The Morgan fingerprint density at radius 1 is 1.07 bits per heavy atom. The minimum Gasteiger partial charge on any atom is -0.460 e. The molecule has 27 heavy (non-hydrogen) atoms. The van der Waals surface area contributed by atoms with E-state index in [1.807, 2.05) is 0 Å². The van der Waals surface area contributed by atoms with E-state index in [9.17, 15) is 19.5 Å². The number of Topliss-reactive ketones (excluding diaryl/α,β-unsaturated/α-hetero) is 2. The molecule has 2 aromatic rings. The standard InChI is InChI=1S/C20H16O7/c1-10-8-9-13(25-10)15-11(2)17(22)20(27-15)18(23)16(26-19(20)24)14(21)12-6-4-3-5-7-12/h3-9,16,18,23H,1-2H3/t16-,18-,20+/m1/s1. The lowest BCUT2D eigenvalue weighted by molar-refractivity contribution is -0.159. The third-order valence-corrected chi connectivity index (χ3v) is 4.80. The Morgan fingerprint density at radius 3 is 2.41 bits per heavy atom. The van der Waals surface area contributed by atoms with Crippen LogP contribution in [0.25, 0.3) is 5.76 Å². The Hall–Kier alpha value is -3.19. The second kappa shape index (κ2) is 5.92. The van der Waals surface area contributed by atoms with Crippen LogP contribution in [0.4, 0.5) is 0 Å². The number of hydrogen-bond donors (Lipinski definition) is 1. The Labute approximate surface area is 154 Å². The van der Waals surface area contributed by atoms with Crippen molar-refractivity contribution in [1.29, 1.82) is 0 Å². The molecule has 1 N–H and O–H groups in total. The first-order valence-corrected chi connectivity index (χ1v) is 8.36. The van der Waals surface area contributed by atoms with Gasteiger partial charge in [0.1, 0.15) is 5.76 Å². The molecule has 0 saturated carbocycles. The average molecular weight is 368 g/mol. The Morgan fingerprint density at radius 2 is 1.78 bits per heavy atom. The third kappa shape index (κ3) is 2.35. The smallest absolute Gasteiger partial charge is 0.362 e. The summed E-state index contributed by atoms with van der Waals surface area (Å²) >= 11 is 0. The number of ether oxygens (including phenoxy) is 2. The van der Waals surface area contributed by atoms with E-state index >= 15 is 0 Å². The van der Waals surface area contributed by atoms with Gasteiger partial charge in [0.25, 0.3) is 5.60 Å². The van der Waals surface area contributed by atoms with Crippen LogP contribution in [-0.2, 0) is 19.1 Å². The number of aryl methyl sites for hydroxylation is 1. The summed E-state index contributed by atoms with van der Waals surface area (Å²) in [4.78, 5) is 38.1. The summed E-state index contributed by atoms with van der Waals surface area (Å²) in [7, 11) is 0. The summed E-state index contributed by atoms with van der Waals surface area (Å²) in [6.45, 7) is 3.19. The van der Waals surface area contributed by atoms with E-state index in [1.165, 1.54) is 19.1 Å². The minimum absolute atomic E-state index is 0.0527. The summed E-state index contributed by atoms with van der Waals surface area (Å²) in [6, 6.07) is 11.4. The van der Waals surface area contributed by atoms with Gasteiger partial charge < -0.3 is 19.0 Å². The zero-order valence-electron chi connectivity index (χ0n) is 14.6. The summed E-state index contributed by atoms with van der Waals surface area (Å²) < 4.78 is 16.2. The molecule has 4 rings (SSSR count). The predicted molar refractivity (Wildman–Crippen MR) is 91.5 cm³/mol. The fraction of sp³-hybridized carbons (Fsp3) is 0.250. The van der Waals surface area contributed by atoms with Gasteiger partial charge in [-0.1, -0.05) is 30.3 Å². The van der Waals surface area contributed by atoms with Crippen LogP contribution in [0.1, 0.15) is 28.8 Å². The number of carbonyl (C=O) groups is 3. The first-order chi connectivity index (χ1) is 12.9. The highest BCUT2D eigenvalue weighted by Gasteiger charge is 2.69. The van der Waals surface area contributed by atoms with Crippen LogP contribution in [-0.4, -0.2) is 40.5 Å². The third-order valence-electron chi connectivity index (χ3n) is 4.80. The van der Waals surface area contributed by atoms with Crippen LogP contribution >= 0.6 is 0 Å². The molecular weight excluding hydrogens is 352 g/mol. The highest BCUT2D eigenvalue weighted by atomic mass is 16.6. The van der Waals surface area contributed by atoms with E-state index in [4.69, 9.17) is 13.9 Å². The number of ketones is 2. The normalized spacial score (nSPS) is 27.2. The minimum atomic E-state index is -2.30. The van der Waals surface area contributed by atoms with Crippen molar-refractivity contribution in [1.82, 2.24) is 0 Å². The zero-order chi connectivity index (χ0) is 19.3. The van der Waals surface area contributed by atoms with Gasteiger partial charge in [-0.3, -0.25) is 9.59 Å². The van der Waals surface area contributed by atoms with Crippen molar-refractivity contribution in [2.45, 2.75) is 31.7 Å². The molecule has 138 valence electrons. The van der Waals surface area contributed by atoms with Gasteiger partial charge in [-0.25, -0.2) is 4.79 Å². The molecule has 7 nitrogen and oxygen atoms in total. The number of aliphatic hydroxyl groups excluding tert-OH is 1. The molecule has 0 aliphatic carbocycles. The maximum Gasteiger partial charge on any atom is 0.362 e. The fourth-order valence-electron chi connectivity index (χ4n) is 3.35. The largest absolute Gasteiger partial charge is 0.460 e. The van der Waals surface area contributed by atoms with Crippen molar-refractivity contribution < 1.29 is 33.4 Å². The van der Waals surface area contributed by atoms with Crippen LogP contribution in [0.5, 0.6) is 0 Å². The van der Waals surface area contributed by atoms with Crippen LogP contribution in [0.3, 0.4) is 0 Å². The van der Waals surface area contributed by atoms with Crippen LogP contribution in [0, 0.1) is 6.92 Å². The van der Waals surface area contributed by atoms with E-state index in [1.54, 1.807) is 37.3 Å². The van der Waals surface area contributed by atoms with Crippen molar-refractivity contribution in [3.05, 3.63) is 65.1 Å². The first-order valence-electron chi connectivity index (χ1n) is 8.36. The quantitative estimate of drug-likeness (QED) is 0.501. The van der Waals surface area contributed by atoms with Gasteiger partial charge >= 0.3 is 5.97 Å². The molecule has 1 aromatic carbocycles. The first kappa shape index (κ1) is 17.2. The molecule has 1 spiro atoms. The van der Waals surface area contributed by atoms with Gasteiger partial charge in [0, 0.05) is 11.1 Å². The SMILES string of the molecule is CC1=C(c2ccc(C)o2)O[C@@]2(C(=O)O[C@H](C(=O)c3ccccc3)[C@H]2O)C1=O. The summed E-state index contributed by atoms with van der Waals surface area (Å²) in [5.41, 5.74) is -1.92. The number of cyclic esters (lactones) is 1. The lowest BCUT2D eigenvalue weighted by atomic mass is 9.87. The van der Waals surface area contributed by atoms with Crippen molar-refractivity contribution in [2.75, 3.05) is 0 Å². The van der Waals surface area contributed by atoms with E-state index in [0.717, 1.165) is 0 Å². The van der Waals surface area contributed by atoms with E-state index in [0.29, 0.717) is 5.76 Å². The van der Waals surface area contributed by atoms with Crippen molar-refractivity contribution in [2.24, 2.45) is 0 Å². The summed E-state index contributed by atoms with van der Waals surface area (Å²) in [6.07, 6.45) is -3.32. The van der Waals surface area contributed by atoms with E-state index < -0.39 is 35.3 Å². The Balaban J connectivity index is 1.69. The van der Waals surface area contributed by atoms with Crippen LogP contribution in [0.2, 0.25) is 0 Å². The second-order valence-corrected chi connectivity index (χ2v) is 6.53. The molecule has 7 heteroatoms. The number of aliphatic hydroxyl groups is 1. The monoisotopic (exact) mass is 368 g/mol. The molecule has 1 aromatic heterocycles. The predicted octanol–water partition coefficient (Wildman–Crippen LogP) is 1.83. The average Bonchev–Trinajstić information content (AvgIpc) is 3.29. The van der Waals surface area contributed by atoms with Gasteiger partial charge in [0.2, 0.25) is 11.6 Å². The summed E-state index contributed by atoms with van der Waals surface area (Å²) in [5, 5.41) is 10.7. The molecule has 3 atom stereocenters. The van der Waals surface area contributed by atoms with E-state index in [2.05, 4.69) is 0 Å². The van der Waals surface area contributed by atoms with Crippen molar-refractivity contribution in [3.63, 3.8) is 0 Å². The maximum absolute atomic E-state index is 12.8.